The largest absolute Gasteiger partial charge is 0.491 e. The third-order valence-corrected chi connectivity index (χ3v) is 4.03. The Morgan fingerprint density at radius 3 is 2.30 bits per heavy atom. The summed E-state index contributed by atoms with van der Waals surface area (Å²) in [7, 11) is 0. The molecule has 0 spiro atoms. The molecule has 27 heavy (non-hydrogen) atoms. The summed E-state index contributed by atoms with van der Waals surface area (Å²) < 4.78 is 59.1. The van der Waals surface area contributed by atoms with Crippen LogP contribution in [0.5, 0.6) is 5.75 Å². The molecule has 0 aliphatic rings. The molecule has 4 N–H and O–H groups in total. The number of benzene rings is 1. The molecule has 2 aromatic rings. The molecule has 0 bridgehead atoms. The number of hydrogen-bond acceptors (Lipinski definition) is 5. The standard InChI is InChI=1S/C18H20F4N2O3/c1-2-27-16-12(7-8-25)9-14(17(26,10-23)18(20,21)22)24-15(16)11-3-5-13(19)6-4-11/h3-6,9,25-26H,2,7-8,10,23H2,1H3. The minimum Gasteiger partial charge on any atom is -0.491 e. The molecule has 0 radical (unpaired) electrons. The van der Waals surface area contributed by atoms with Crippen LogP contribution in [0.3, 0.4) is 0 Å². The quantitative estimate of drug-likeness (QED) is 0.635. The van der Waals surface area contributed by atoms with Gasteiger partial charge in [-0.15, -0.1) is 0 Å². The van der Waals surface area contributed by atoms with Crippen LogP contribution in [0.4, 0.5) is 17.6 Å². The first-order valence-corrected chi connectivity index (χ1v) is 8.21. The van der Waals surface area contributed by atoms with E-state index in [9.17, 15) is 27.8 Å². The van der Waals surface area contributed by atoms with E-state index in [4.69, 9.17) is 10.5 Å². The molecule has 5 nitrogen and oxygen atoms in total. The van der Waals surface area contributed by atoms with Gasteiger partial charge in [-0.25, -0.2) is 9.37 Å². The summed E-state index contributed by atoms with van der Waals surface area (Å²) in [6.45, 7) is 0.365. The zero-order chi connectivity index (χ0) is 20.2. The fourth-order valence-corrected chi connectivity index (χ4v) is 2.58. The van der Waals surface area contributed by atoms with E-state index < -0.39 is 29.8 Å². The predicted octanol–water partition coefficient (Wildman–Crippen LogP) is 2.53. The van der Waals surface area contributed by atoms with Crippen molar-refractivity contribution in [1.29, 1.82) is 0 Å². The average Bonchev–Trinajstić information content (AvgIpc) is 2.62. The molecule has 0 saturated carbocycles. The Balaban J connectivity index is 2.79. The van der Waals surface area contributed by atoms with Crippen LogP contribution in [-0.2, 0) is 12.0 Å². The number of ether oxygens (including phenoxy) is 1. The number of pyridine rings is 1. The van der Waals surface area contributed by atoms with E-state index >= 15 is 0 Å². The van der Waals surface area contributed by atoms with Crippen LogP contribution in [0.25, 0.3) is 11.3 Å². The van der Waals surface area contributed by atoms with E-state index in [2.05, 4.69) is 4.98 Å². The highest BCUT2D eigenvalue weighted by Gasteiger charge is 2.55. The van der Waals surface area contributed by atoms with E-state index in [0.717, 1.165) is 18.2 Å². The average molecular weight is 388 g/mol. The van der Waals surface area contributed by atoms with Crippen molar-refractivity contribution >= 4 is 0 Å². The van der Waals surface area contributed by atoms with Crippen LogP contribution >= 0.6 is 0 Å². The lowest BCUT2D eigenvalue weighted by atomic mass is 9.94. The van der Waals surface area contributed by atoms with Gasteiger partial charge in [0.2, 0.25) is 5.60 Å². The Morgan fingerprint density at radius 2 is 1.81 bits per heavy atom. The number of rotatable bonds is 7. The first kappa shape index (κ1) is 21.1. The number of aliphatic hydroxyl groups is 2. The summed E-state index contributed by atoms with van der Waals surface area (Å²) in [5.41, 5.74) is 1.63. The number of alkyl halides is 3. The van der Waals surface area contributed by atoms with Crippen LogP contribution < -0.4 is 10.5 Å². The van der Waals surface area contributed by atoms with Gasteiger partial charge in [-0.05, 0) is 43.7 Å². The Labute approximate surface area is 153 Å². The van der Waals surface area contributed by atoms with Crippen LogP contribution in [0.15, 0.2) is 30.3 Å². The molecule has 9 heteroatoms. The normalized spacial score (nSPS) is 14.1. The molecule has 1 unspecified atom stereocenters. The van der Waals surface area contributed by atoms with Crippen molar-refractivity contribution in [2.24, 2.45) is 5.73 Å². The van der Waals surface area contributed by atoms with E-state index in [1.807, 2.05) is 0 Å². The third-order valence-electron chi connectivity index (χ3n) is 4.03. The number of nitrogens with zero attached hydrogens (tertiary/aromatic N) is 1. The van der Waals surface area contributed by atoms with Crippen molar-refractivity contribution in [3.8, 4) is 17.0 Å². The Hall–Kier alpha value is -2.23. The highest BCUT2D eigenvalue weighted by atomic mass is 19.4. The summed E-state index contributed by atoms with van der Waals surface area (Å²) in [5.74, 6) is -0.374. The third kappa shape index (κ3) is 4.20. The second-order valence-electron chi connectivity index (χ2n) is 5.82. The number of aromatic nitrogens is 1. The van der Waals surface area contributed by atoms with Gasteiger partial charge in [0, 0.05) is 24.3 Å². The highest BCUT2D eigenvalue weighted by Crippen LogP contribution is 2.41. The van der Waals surface area contributed by atoms with Gasteiger partial charge < -0.3 is 20.7 Å². The van der Waals surface area contributed by atoms with E-state index in [-0.39, 0.29) is 36.6 Å². The van der Waals surface area contributed by atoms with Gasteiger partial charge in [-0.2, -0.15) is 13.2 Å². The van der Waals surface area contributed by atoms with Gasteiger partial charge in [0.05, 0.1) is 12.3 Å². The van der Waals surface area contributed by atoms with Gasteiger partial charge in [0.15, 0.2) is 0 Å². The Bertz CT molecular complexity index is 781. The number of halogens is 4. The van der Waals surface area contributed by atoms with Crippen molar-refractivity contribution in [1.82, 2.24) is 4.98 Å². The summed E-state index contributed by atoms with van der Waals surface area (Å²) >= 11 is 0. The maximum Gasteiger partial charge on any atom is 0.424 e. The number of nitrogens with two attached hydrogens (primary N) is 1. The fourth-order valence-electron chi connectivity index (χ4n) is 2.58. The summed E-state index contributed by atoms with van der Waals surface area (Å²) in [4.78, 5) is 3.96. The topological polar surface area (TPSA) is 88.6 Å². The molecule has 0 aliphatic heterocycles. The predicted molar refractivity (Wildman–Crippen MR) is 90.6 cm³/mol. The van der Waals surface area contributed by atoms with Crippen LogP contribution in [-0.4, -0.2) is 41.1 Å². The van der Waals surface area contributed by atoms with Gasteiger partial charge in [-0.1, -0.05) is 0 Å². The molecule has 0 amide bonds. The van der Waals surface area contributed by atoms with Crippen molar-refractivity contribution in [3.05, 3.63) is 47.4 Å². The van der Waals surface area contributed by atoms with Crippen LogP contribution in [0.1, 0.15) is 18.2 Å². The van der Waals surface area contributed by atoms with E-state index in [1.165, 1.54) is 12.1 Å². The molecule has 2 rings (SSSR count). The molecule has 148 valence electrons. The number of hydrogen-bond donors (Lipinski definition) is 3. The maximum absolute atomic E-state index is 13.4. The number of aliphatic hydroxyl groups excluding tert-OH is 1. The van der Waals surface area contributed by atoms with Crippen molar-refractivity contribution in [2.45, 2.75) is 25.1 Å². The Morgan fingerprint density at radius 1 is 1.19 bits per heavy atom. The first-order valence-electron chi connectivity index (χ1n) is 8.21. The van der Waals surface area contributed by atoms with E-state index in [1.54, 1.807) is 6.92 Å². The molecule has 0 saturated heterocycles. The van der Waals surface area contributed by atoms with Gasteiger partial charge in [0.25, 0.3) is 0 Å². The summed E-state index contributed by atoms with van der Waals surface area (Å²) in [5, 5.41) is 19.5. The minimum atomic E-state index is -5.07. The monoisotopic (exact) mass is 388 g/mol. The molecule has 0 fully saturated rings. The molecular weight excluding hydrogens is 368 g/mol. The lowest BCUT2D eigenvalue weighted by molar-refractivity contribution is -0.263. The van der Waals surface area contributed by atoms with Gasteiger partial charge in [0.1, 0.15) is 17.3 Å². The molecule has 1 heterocycles. The summed E-state index contributed by atoms with van der Waals surface area (Å²) in [6, 6.07) is 5.95. The van der Waals surface area contributed by atoms with Crippen molar-refractivity contribution in [3.63, 3.8) is 0 Å². The maximum atomic E-state index is 13.4. The van der Waals surface area contributed by atoms with E-state index in [0.29, 0.717) is 5.56 Å². The van der Waals surface area contributed by atoms with Crippen molar-refractivity contribution < 1.29 is 32.5 Å². The Kier molecular flexibility index (Phi) is 6.40. The van der Waals surface area contributed by atoms with Gasteiger partial charge in [-0.3, -0.25) is 0 Å². The van der Waals surface area contributed by atoms with Gasteiger partial charge >= 0.3 is 6.18 Å². The summed E-state index contributed by atoms with van der Waals surface area (Å²) in [6.07, 6.45) is -5.10. The molecule has 1 aromatic carbocycles. The van der Waals surface area contributed by atoms with Crippen molar-refractivity contribution in [2.75, 3.05) is 19.8 Å². The fraction of sp³-hybridized carbons (Fsp3) is 0.389. The second-order valence-corrected chi connectivity index (χ2v) is 5.82. The second kappa shape index (κ2) is 8.20. The zero-order valence-corrected chi connectivity index (χ0v) is 14.6. The van der Waals surface area contributed by atoms with Crippen LogP contribution in [0.2, 0.25) is 0 Å². The zero-order valence-electron chi connectivity index (χ0n) is 14.6. The minimum absolute atomic E-state index is 0.00562. The highest BCUT2D eigenvalue weighted by molar-refractivity contribution is 5.69. The molecule has 1 aromatic heterocycles. The molecule has 1 atom stereocenters. The SMILES string of the molecule is CCOc1c(CCO)cc(C(O)(CN)C(F)(F)F)nc1-c1ccc(F)cc1. The smallest absolute Gasteiger partial charge is 0.424 e. The lowest BCUT2D eigenvalue weighted by Gasteiger charge is -2.30. The molecule has 0 aliphatic carbocycles. The van der Waals surface area contributed by atoms with Crippen LogP contribution in [0, 0.1) is 5.82 Å². The first-order chi connectivity index (χ1) is 12.7. The lowest BCUT2D eigenvalue weighted by Crippen LogP contribution is -2.49. The molecular formula is C18H20F4N2O3.